The average molecular weight is 369 g/mol. The number of carbonyl (C=O) groups excluding carboxylic acids is 1. The highest BCUT2D eigenvalue weighted by Crippen LogP contribution is 2.32. The van der Waals surface area contributed by atoms with E-state index in [1.54, 1.807) is 6.07 Å². The van der Waals surface area contributed by atoms with E-state index in [9.17, 15) is 4.79 Å². The van der Waals surface area contributed by atoms with Crippen LogP contribution in [0.25, 0.3) is 0 Å². The third-order valence-corrected chi connectivity index (χ3v) is 4.51. The largest absolute Gasteiger partial charge is 0.494 e. The molecule has 0 bridgehead atoms. The minimum atomic E-state index is -0.0402. The van der Waals surface area contributed by atoms with Crippen LogP contribution in [-0.4, -0.2) is 25.7 Å². The monoisotopic (exact) mass is 369 g/mol. The summed E-state index contributed by atoms with van der Waals surface area (Å²) in [6, 6.07) is 11.6. The van der Waals surface area contributed by atoms with Crippen LogP contribution >= 0.6 is 0 Å². The number of hydrogen-bond acceptors (Lipinski definition) is 4. The van der Waals surface area contributed by atoms with Crippen molar-refractivity contribution < 1.29 is 19.0 Å². The molecule has 1 aliphatic rings. The van der Waals surface area contributed by atoms with E-state index in [1.807, 2.05) is 18.2 Å². The third kappa shape index (κ3) is 5.16. The number of anilines is 1. The number of carbonyl (C=O) groups is 1. The number of hydrogen-bond donors (Lipinski definition) is 1. The Balaban J connectivity index is 1.43. The van der Waals surface area contributed by atoms with Gasteiger partial charge in [0, 0.05) is 18.2 Å². The molecule has 0 aliphatic carbocycles. The van der Waals surface area contributed by atoms with Gasteiger partial charge in [-0.25, -0.2) is 0 Å². The van der Waals surface area contributed by atoms with Gasteiger partial charge in [0.2, 0.25) is 5.91 Å². The minimum Gasteiger partial charge on any atom is -0.494 e. The molecule has 1 N–H and O–H groups in total. The molecule has 3 rings (SSSR count). The zero-order valence-corrected chi connectivity index (χ0v) is 16.2. The van der Waals surface area contributed by atoms with Gasteiger partial charge in [0.25, 0.3) is 0 Å². The van der Waals surface area contributed by atoms with E-state index in [0.717, 1.165) is 5.75 Å². The smallest absolute Gasteiger partial charge is 0.224 e. The molecule has 0 radical (unpaired) electrons. The summed E-state index contributed by atoms with van der Waals surface area (Å²) in [5.41, 5.74) is 3.28. The van der Waals surface area contributed by atoms with Crippen molar-refractivity contribution in [1.82, 2.24) is 0 Å². The Bertz CT molecular complexity index is 801. The Morgan fingerprint density at radius 2 is 1.89 bits per heavy atom. The van der Waals surface area contributed by atoms with Gasteiger partial charge in [-0.1, -0.05) is 19.9 Å². The topological polar surface area (TPSA) is 56.8 Å². The first-order chi connectivity index (χ1) is 13.0. The van der Waals surface area contributed by atoms with Crippen LogP contribution in [0.2, 0.25) is 0 Å². The maximum absolute atomic E-state index is 12.1. The highest BCUT2D eigenvalue weighted by molar-refractivity contribution is 5.91. The van der Waals surface area contributed by atoms with Crippen molar-refractivity contribution in [1.29, 1.82) is 0 Å². The Hall–Kier alpha value is -2.69. The molecule has 5 nitrogen and oxygen atoms in total. The molecule has 0 atom stereocenters. The van der Waals surface area contributed by atoms with Crippen LogP contribution in [0.4, 0.5) is 5.69 Å². The average Bonchev–Trinajstić information content (AvgIpc) is 2.65. The summed E-state index contributed by atoms with van der Waals surface area (Å²) in [5, 5.41) is 2.89. The second kappa shape index (κ2) is 8.80. The van der Waals surface area contributed by atoms with E-state index in [2.05, 4.69) is 38.2 Å². The van der Waals surface area contributed by atoms with Crippen LogP contribution in [0.15, 0.2) is 36.4 Å². The summed E-state index contributed by atoms with van der Waals surface area (Å²) in [7, 11) is 0. The van der Waals surface area contributed by atoms with Crippen molar-refractivity contribution >= 4 is 11.6 Å². The van der Waals surface area contributed by atoms with E-state index >= 15 is 0 Å². The second-order valence-corrected chi connectivity index (χ2v) is 7.03. The zero-order valence-electron chi connectivity index (χ0n) is 16.2. The lowest BCUT2D eigenvalue weighted by Gasteiger charge is -2.19. The van der Waals surface area contributed by atoms with Crippen molar-refractivity contribution in [3.8, 4) is 17.2 Å². The first-order valence-corrected chi connectivity index (χ1v) is 9.46. The van der Waals surface area contributed by atoms with Gasteiger partial charge in [-0.3, -0.25) is 4.79 Å². The third-order valence-electron chi connectivity index (χ3n) is 4.51. The van der Waals surface area contributed by atoms with Crippen molar-refractivity contribution in [3.05, 3.63) is 47.5 Å². The van der Waals surface area contributed by atoms with Crippen molar-refractivity contribution in [2.24, 2.45) is 0 Å². The molecule has 1 amide bonds. The van der Waals surface area contributed by atoms with Crippen LogP contribution in [0, 0.1) is 6.92 Å². The molecule has 0 saturated heterocycles. The van der Waals surface area contributed by atoms with Gasteiger partial charge in [0.1, 0.15) is 19.0 Å². The summed E-state index contributed by atoms with van der Waals surface area (Å²) in [6.07, 6.45) is 1.05. The fourth-order valence-electron chi connectivity index (χ4n) is 3.15. The predicted molar refractivity (Wildman–Crippen MR) is 106 cm³/mol. The molecule has 1 heterocycles. The maximum atomic E-state index is 12.1. The number of nitrogens with one attached hydrogen (secondary N) is 1. The highest BCUT2D eigenvalue weighted by Gasteiger charge is 2.12. The molecule has 2 aromatic rings. The number of fused-ring (bicyclic) bond motifs is 1. The lowest BCUT2D eigenvalue weighted by molar-refractivity contribution is -0.116. The van der Waals surface area contributed by atoms with Gasteiger partial charge >= 0.3 is 0 Å². The molecule has 0 unspecified atom stereocenters. The number of rotatable bonds is 7. The Morgan fingerprint density at radius 1 is 1.11 bits per heavy atom. The molecule has 0 saturated carbocycles. The van der Waals surface area contributed by atoms with Crippen LogP contribution in [0.1, 0.15) is 43.7 Å². The summed E-state index contributed by atoms with van der Waals surface area (Å²) >= 11 is 0. The number of aryl methyl sites for hydroxylation is 1. The summed E-state index contributed by atoms with van der Waals surface area (Å²) in [5.74, 6) is 2.70. The van der Waals surface area contributed by atoms with E-state index in [-0.39, 0.29) is 5.91 Å². The molecule has 0 spiro atoms. The van der Waals surface area contributed by atoms with Gasteiger partial charge in [0.15, 0.2) is 11.5 Å². The van der Waals surface area contributed by atoms with Crippen LogP contribution in [-0.2, 0) is 4.79 Å². The Labute approximate surface area is 160 Å². The number of amides is 1. The lowest BCUT2D eigenvalue weighted by atomic mass is 9.98. The van der Waals surface area contributed by atoms with E-state index in [0.29, 0.717) is 55.8 Å². The standard InChI is InChI=1S/C22H27NO4/c1-15(2)19-8-7-18(13-16(19)3)25-10-4-5-22(24)23-17-6-9-20-21(14-17)27-12-11-26-20/h6-9,13-15H,4-5,10-12H2,1-3H3,(H,23,24). The normalized spacial score (nSPS) is 12.7. The molecule has 1 aliphatic heterocycles. The first-order valence-electron chi connectivity index (χ1n) is 9.46. The van der Waals surface area contributed by atoms with Gasteiger partial charge in [-0.15, -0.1) is 0 Å². The van der Waals surface area contributed by atoms with Gasteiger partial charge in [-0.2, -0.15) is 0 Å². The van der Waals surface area contributed by atoms with Crippen LogP contribution < -0.4 is 19.5 Å². The van der Waals surface area contributed by atoms with E-state index < -0.39 is 0 Å². The van der Waals surface area contributed by atoms with E-state index in [1.165, 1.54) is 11.1 Å². The highest BCUT2D eigenvalue weighted by atomic mass is 16.6. The van der Waals surface area contributed by atoms with E-state index in [4.69, 9.17) is 14.2 Å². The lowest BCUT2D eigenvalue weighted by Crippen LogP contribution is -2.16. The zero-order chi connectivity index (χ0) is 19.2. The summed E-state index contributed by atoms with van der Waals surface area (Å²) < 4.78 is 16.8. The van der Waals surface area contributed by atoms with Crippen LogP contribution in [0.5, 0.6) is 17.2 Å². The molecule has 5 heteroatoms. The van der Waals surface area contributed by atoms with Gasteiger partial charge < -0.3 is 19.5 Å². The summed E-state index contributed by atoms with van der Waals surface area (Å²) in [4.78, 5) is 12.1. The number of ether oxygens (including phenoxy) is 3. The molecular formula is C22H27NO4. The Morgan fingerprint density at radius 3 is 2.63 bits per heavy atom. The molecule has 0 fully saturated rings. The first kappa shape index (κ1) is 19.1. The van der Waals surface area contributed by atoms with Crippen molar-refractivity contribution in [2.75, 3.05) is 25.1 Å². The predicted octanol–water partition coefficient (Wildman–Crippen LogP) is 4.69. The molecule has 27 heavy (non-hydrogen) atoms. The molecular weight excluding hydrogens is 342 g/mol. The summed E-state index contributed by atoms with van der Waals surface area (Å²) in [6.45, 7) is 8.06. The quantitative estimate of drug-likeness (QED) is 0.720. The molecule has 2 aromatic carbocycles. The number of benzene rings is 2. The maximum Gasteiger partial charge on any atom is 0.224 e. The minimum absolute atomic E-state index is 0.0402. The molecule has 144 valence electrons. The van der Waals surface area contributed by atoms with Gasteiger partial charge in [-0.05, 0) is 54.7 Å². The fourth-order valence-corrected chi connectivity index (χ4v) is 3.15. The fraction of sp³-hybridized carbons (Fsp3) is 0.409. The Kier molecular flexibility index (Phi) is 6.22. The van der Waals surface area contributed by atoms with Crippen molar-refractivity contribution in [2.45, 2.75) is 39.5 Å². The second-order valence-electron chi connectivity index (χ2n) is 7.03. The van der Waals surface area contributed by atoms with Gasteiger partial charge in [0.05, 0.1) is 6.61 Å². The van der Waals surface area contributed by atoms with Crippen LogP contribution in [0.3, 0.4) is 0 Å². The SMILES string of the molecule is Cc1cc(OCCCC(=O)Nc2ccc3c(c2)OCCO3)ccc1C(C)C. The van der Waals surface area contributed by atoms with Crippen molar-refractivity contribution in [3.63, 3.8) is 0 Å². The molecule has 0 aromatic heterocycles.